The van der Waals surface area contributed by atoms with Crippen LogP contribution in [0.2, 0.25) is 0 Å². The number of carboxylic acid groups (broad SMARTS) is 1. The summed E-state index contributed by atoms with van der Waals surface area (Å²) >= 11 is 0. The lowest BCUT2D eigenvalue weighted by Crippen LogP contribution is -2.32. The Kier molecular flexibility index (Phi) is 4.49. The third kappa shape index (κ3) is 3.23. The molecule has 2 atom stereocenters. The topological polar surface area (TPSA) is 114 Å². The van der Waals surface area contributed by atoms with Crippen LogP contribution in [0.3, 0.4) is 0 Å². The molecule has 6 heteroatoms. The van der Waals surface area contributed by atoms with Gasteiger partial charge in [0.05, 0.1) is 11.3 Å². The van der Waals surface area contributed by atoms with E-state index in [1.165, 1.54) is 5.57 Å². The fraction of sp³-hybridized carbons (Fsp3) is 0.389. The van der Waals surface area contributed by atoms with Gasteiger partial charge in [-0.25, -0.2) is 14.8 Å². The van der Waals surface area contributed by atoms with Crippen LogP contribution in [0.15, 0.2) is 45.4 Å². The third-order valence-corrected chi connectivity index (χ3v) is 4.78. The summed E-state index contributed by atoms with van der Waals surface area (Å²) in [7, 11) is 0. The van der Waals surface area contributed by atoms with Crippen molar-refractivity contribution >= 4 is 17.6 Å². The van der Waals surface area contributed by atoms with Gasteiger partial charge in [-0.1, -0.05) is 24.6 Å². The molecule has 1 aliphatic carbocycles. The molecule has 0 bridgehead atoms. The zero-order valence-electron chi connectivity index (χ0n) is 13.7. The molecule has 24 heavy (non-hydrogen) atoms. The van der Waals surface area contributed by atoms with E-state index in [4.69, 9.17) is 16.6 Å². The lowest BCUT2D eigenvalue weighted by Gasteiger charge is -2.18. The number of hydrogen-bond acceptors (Lipinski definition) is 5. The van der Waals surface area contributed by atoms with Crippen LogP contribution in [0.5, 0.6) is 0 Å². The van der Waals surface area contributed by atoms with Crippen molar-refractivity contribution in [2.24, 2.45) is 21.5 Å². The van der Waals surface area contributed by atoms with E-state index in [0.29, 0.717) is 11.5 Å². The number of aliphatic imine (C=N–C) groups is 2. The van der Waals surface area contributed by atoms with E-state index in [1.54, 1.807) is 12.1 Å². The molecule has 0 aromatic heterocycles. The molecule has 5 N–H and O–H groups in total. The maximum atomic E-state index is 10.9. The van der Waals surface area contributed by atoms with Gasteiger partial charge in [-0.3, -0.25) is 0 Å². The normalized spacial score (nSPS) is 21.2. The number of carbonyl (C=O) groups is 1. The maximum Gasteiger partial charge on any atom is 0.335 e. The number of rotatable bonds is 5. The molecule has 6 nitrogen and oxygen atoms in total. The number of nitrogens with zero attached hydrogens (tertiary/aromatic N) is 2. The molecule has 2 aliphatic rings. The highest BCUT2D eigenvalue weighted by molar-refractivity contribution is 6.11. The van der Waals surface area contributed by atoms with Crippen LogP contribution in [0.4, 0.5) is 0 Å². The van der Waals surface area contributed by atoms with Crippen molar-refractivity contribution in [1.82, 2.24) is 0 Å². The Morgan fingerprint density at radius 3 is 2.71 bits per heavy atom. The van der Waals surface area contributed by atoms with Gasteiger partial charge >= 0.3 is 5.97 Å². The summed E-state index contributed by atoms with van der Waals surface area (Å²) in [5.41, 5.74) is 16.6. The van der Waals surface area contributed by atoms with E-state index in [9.17, 15) is 4.79 Å². The van der Waals surface area contributed by atoms with Crippen LogP contribution in [0, 0.1) is 0 Å². The first-order chi connectivity index (χ1) is 11.5. The molecular weight excluding hydrogens is 304 g/mol. The minimum Gasteiger partial charge on any atom is -0.478 e. The van der Waals surface area contributed by atoms with Crippen molar-refractivity contribution in [2.75, 3.05) is 0 Å². The standard InChI is InChI=1S/C18H22N4O2/c1-10(11-4-6-13(7-5-11)17(23)24)2-3-12-8-9-14-15(12)16(19)22-18(20)21-14/h4-7,10,16H,2-3,8-9,19H2,1H3,(H2,20,22)(H,23,24). The SMILES string of the molecule is CC(CCC1=C2C(=NC(N)=NC2N)CC1)c1ccc(C(=O)O)cc1. The first kappa shape index (κ1) is 16.4. The summed E-state index contributed by atoms with van der Waals surface area (Å²) in [6.07, 6.45) is 3.38. The van der Waals surface area contributed by atoms with Crippen molar-refractivity contribution in [2.45, 2.75) is 44.7 Å². The summed E-state index contributed by atoms with van der Waals surface area (Å²) in [4.78, 5) is 19.4. The maximum absolute atomic E-state index is 10.9. The smallest absolute Gasteiger partial charge is 0.335 e. The molecular formula is C18H22N4O2. The fourth-order valence-corrected chi connectivity index (χ4v) is 3.38. The van der Waals surface area contributed by atoms with Gasteiger partial charge in [0, 0.05) is 5.57 Å². The second-order valence-corrected chi connectivity index (χ2v) is 6.37. The molecule has 0 saturated heterocycles. The molecule has 0 fully saturated rings. The lowest BCUT2D eigenvalue weighted by atomic mass is 9.92. The Bertz CT molecular complexity index is 747. The van der Waals surface area contributed by atoms with E-state index in [-0.39, 0.29) is 12.1 Å². The molecule has 1 heterocycles. The zero-order chi connectivity index (χ0) is 17.3. The molecule has 0 amide bonds. The molecule has 0 spiro atoms. The summed E-state index contributed by atoms with van der Waals surface area (Å²) in [6, 6.07) is 7.10. The quantitative estimate of drug-likeness (QED) is 0.770. The number of allylic oxidation sites excluding steroid dienone is 1. The van der Waals surface area contributed by atoms with Gasteiger partial charge in [-0.2, -0.15) is 0 Å². The number of guanidine groups is 1. The van der Waals surface area contributed by atoms with Crippen molar-refractivity contribution < 1.29 is 9.90 Å². The summed E-state index contributed by atoms with van der Waals surface area (Å²) in [6.45, 7) is 2.15. The first-order valence-electron chi connectivity index (χ1n) is 8.17. The van der Waals surface area contributed by atoms with Crippen molar-refractivity contribution in [1.29, 1.82) is 0 Å². The number of hydrogen-bond donors (Lipinski definition) is 3. The fourth-order valence-electron chi connectivity index (χ4n) is 3.38. The van der Waals surface area contributed by atoms with E-state index in [1.807, 2.05) is 12.1 Å². The molecule has 0 radical (unpaired) electrons. The summed E-state index contributed by atoms with van der Waals surface area (Å²) < 4.78 is 0. The average molecular weight is 326 g/mol. The Morgan fingerprint density at radius 1 is 1.33 bits per heavy atom. The van der Waals surface area contributed by atoms with Gasteiger partial charge < -0.3 is 16.6 Å². The molecule has 3 rings (SSSR count). The number of carboxylic acids is 1. The second kappa shape index (κ2) is 6.57. The molecule has 126 valence electrons. The molecule has 0 saturated carbocycles. The summed E-state index contributed by atoms with van der Waals surface area (Å²) in [5.74, 6) is -0.283. The molecule has 1 aromatic carbocycles. The number of aromatic carboxylic acids is 1. The largest absolute Gasteiger partial charge is 0.478 e. The van der Waals surface area contributed by atoms with E-state index in [0.717, 1.165) is 42.5 Å². The number of fused-ring (bicyclic) bond motifs is 1. The third-order valence-electron chi connectivity index (χ3n) is 4.78. The highest BCUT2D eigenvalue weighted by Gasteiger charge is 2.28. The summed E-state index contributed by atoms with van der Waals surface area (Å²) in [5, 5.41) is 8.97. The predicted octanol–water partition coefficient (Wildman–Crippen LogP) is 2.41. The van der Waals surface area contributed by atoms with Crippen LogP contribution >= 0.6 is 0 Å². The van der Waals surface area contributed by atoms with E-state index >= 15 is 0 Å². The van der Waals surface area contributed by atoms with Gasteiger partial charge in [0.25, 0.3) is 0 Å². The Hall–Kier alpha value is -2.47. The minimum absolute atomic E-state index is 0.273. The first-order valence-corrected chi connectivity index (χ1v) is 8.17. The Balaban J connectivity index is 1.67. The average Bonchev–Trinajstić information content (AvgIpc) is 2.95. The Labute approximate surface area is 141 Å². The second-order valence-electron chi connectivity index (χ2n) is 6.37. The van der Waals surface area contributed by atoms with Crippen molar-refractivity contribution in [3.8, 4) is 0 Å². The van der Waals surface area contributed by atoms with E-state index in [2.05, 4.69) is 16.9 Å². The van der Waals surface area contributed by atoms with E-state index < -0.39 is 5.97 Å². The van der Waals surface area contributed by atoms with Crippen LogP contribution in [0.1, 0.15) is 54.4 Å². The molecule has 1 aromatic rings. The van der Waals surface area contributed by atoms with Gasteiger partial charge in [-0.05, 0) is 49.3 Å². The van der Waals surface area contributed by atoms with Crippen molar-refractivity contribution in [3.63, 3.8) is 0 Å². The van der Waals surface area contributed by atoms with Gasteiger partial charge in [-0.15, -0.1) is 0 Å². The lowest BCUT2D eigenvalue weighted by molar-refractivity contribution is 0.0697. The molecule has 1 aliphatic heterocycles. The van der Waals surface area contributed by atoms with Gasteiger partial charge in [0.1, 0.15) is 6.17 Å². The highest BCUT2D eigenvalue weighted by atomic mass is 16.4. The highest BCUT2D eigenvalue weighted by Crippen LogP contribution is 2.33. The minimum atomic E-state index is -0.898. The van der Waals surface area contributed by atoms with Crippen LogP contribution in [0.25, 0.3) is 0 Å². The number of nitrogens with two attached hydrogens (primary N) is 2. The monoisotopic (exact) mass is 326 g/mol. The van der Waals surface area contributed by atoms with Crippen molar-refractivity contribution in [3.05, 3.63) is 46.5 Å². The van der Waals surface area contributed by atoms with Gasteiger partial charge in [0.15, 0.2) is 0 Å². The number of benzene rings is 1. The van der Waals surface area contributed by atoms with Gasteiger partial charge in [0.2, 0.25) is 5.96 Å². The zero-order valence-corrected chi connectivity index (χ0v) is 13.7. The van der Waals surface area contributed by atoms with Crippen LogP contribution in [-0.4, -0.2) is 28.9 Å². The predicted molar refractivity (Wildman–Crippen MR) is 94.3 cm³/mol. The Morgan fingerprint density at radius 2 is 2.04 bits per heavy atom. The van der Waals surface area contributed by atoms with Crippen LogP contribution < -0.4 is 11.5 Å². The molecule has 2 unspecified atom stereocenters. The van der Waals surface area contributed by atoms with Crippen LogP contribution in [-0.2, 0) is 0 Å².